The standard InChI is InChI=1S/C23H25ClO7/c1-23(2)30-21-19(26)20(29-22(21)31-23)18(25)13-4-5-15(24)14(11-13)9-12-3-6-16-17(10-12)28-8-7-27-16/h3-6,10-11,18-22,25-26H,7-9H2,1-2H3/t18?,19-,20+,21+,22+/m1/s1. The van der Waals surface area contributed by atoms with Crippen LogP contribution in [0.4, 0.5) is 0 Å². The Morgan fingerprint density at radius 1 is 1.06 bits per heavy atom. The molecule has 2 fully saturated rings. The first-order valence-electron chi connectivity index (χ1n) is 10.3. The maximum absolute atomic E-state index is 10.9. The third kappa shape index (κ3) is 4.02. The molecule has 3 aliphatic heterocycles. The number of fused-ring (bicyclic) bond motifs is 2. The Hall–Kier alpha value is -1.87. The first kappa shape index (κ1) is 21.0. The molecule has 1 unspecified atom stereocenters. The van der Waals surface area contributed by atoms with Crippen LogP contribution in [-0.4, -0.2) is 53.8 Å². The van der Waals surface area contributed by atoms with E-state index in [2.05, 4.69) is 0 Å². The van der Waals surface area contributed by atoms with Crippen LogP contribution in [0.3, 0.4) is 0 Å². The third-order valence-corrected chi connectivity index (χ3v) is 6.14. The van der Waals surface area contributed by atoms with Crippen molar-refractivity contribution in [2.24, 2.45) is 0 Å². The van der Waals surface area contributed by atoms with Gasteiger partial charge in [0, 0.05) is 5.02 Å². The van der Waals surface area contributed by atoms with Gasteiger partial charge in [-0.3, -0.25) is 0 Å². The summed E-state index contributed by atoms with van der Waals surface area (Å²) in [4.78, 5) is 0. The minimum atomic E-state index is -1.06. The van der Waals surface area contributed by atoms with Crippen molar-refractivity contribution in [2.45, 2.75) is 56.8 Å². The van der Waals surface area contributed by atoms with Gasteiger partial charge in [-0.25, -0.2) is 0 Å². The summed E-state index contributed by atoms with van der Waals surface area (Å²) in [6.07, 6.45) is -3.75. The van der Waals surface area contributed by atoms with Gasteiger partial charge in [-0.2, -0.15) is 0 Å². The predicted octanol–water partition coefficient (Wildman–Crippen LogP) is 2.97. The molecule has 0 bridgehead atoms. The SMILES string of the molecule is CC1(C)O[C@@H]2O[C@@H](C(O)c3ccc(Cl)c(Cc4ccc5c(c4)OCCO5)c3)[C@@H](O)[C@@H]2O1. The molecule has 3 heterocycles. The molecule has 5 atom stereocenters. The van der Waals surface area contributed by atoms with E-state index in [0.29, 0.717) is 36.0 Å². The maximum atomic E-state index is 10.9. The lowest BCUT2D eigenvalue weighted by molar-refractivity contribution is -0.226. The number of rotatable bonds is 4. The van der Waals surface area contributed by atoms with Crippen LogP contribution in [0.2, 0.25) is 5.02 Å². The lowest BCUT2D eigenvalue weighted by atomic mass is 9.95. The Balaban J connectivity index is 1.34. The minimum absolute atomic E-state index is 0.523. The number of aliphatic hydroxyl groups excluding tert-OH is 2. The van der Waals surface area contributed by atoms with Gasteiger partial charge in [0.15, 0.2) is 23.6 Å². The quantitative estimate of drug-likeness (QED) is 0.743. The average molecular weight is 449 g/mol. The Labute approximate surface area is 185 Å². The summed E-state index contributed by atoms with van der Waals surface area (Å²) in [7, 11) is 0. The highest BCUT2D eigenvalue weighted by atomic mass is 35.5. The highest BCUT2D eigenvalue weighted by Gasteiger charge is 2.56. The number of halogens is 1. The molecule has 0 aromatic heterocycles. The third-order valence-electron chi connectivity index (χ3n) is 5.78. The molecule has 3 aliphatic rings. The molecule has 0 amide bonds. The first-order valence-corrected chi connectivity index (χ1v) is 10.7. The lowest BCUT2D eigenvalue weighted by Gasteiger charge is -2.26. The Morgan fingerprint density at radius 2 is 1.84 bits per heavy atom. The zero-order valence-electron chi connectivity index (χ0n) is 17.3. The molecule has 2 N–H and O–H groups in total. The van der Waals surface area contributed by atoms with Crippen molar-refractivity contribution in [3.8, 4) is 11.5 Å². The van der Waals surface area contributed by atoms with E-state index in [1.807, 2.05) is 24.3 Å². The molecule has 7 nitrogen and oxygen atoms in total. The Morgan fingerprint density at radius 3 is 2.61 bits per heavy atom. The molecule has 31 heavy (non-hydrogen) atoms. The van der Waals surface area contributed by atoms with Gasteiger partial charge in [-0.05, 0) is 55.2 Å². The molecule has 0 aliphatic carbocycles. The molecular formula is C23H25ClO7. The zero-order valence-corrected chi connectivity index (χ0v) is 18.0. The summed E-state index contributed by atoms with van der Waals surface area (Å²) in [5, 5.41) is 22.2. The molecule has 8 heteroatoms. The largest absolute Gasteiger partial charge is 0.486 e. The second-order valence-electron chi connectivity index (χ2n) is 8.51. The number of hydrogen-bond donors (Lipinski definition) is 2. The van der Waals surface area contributed by atoms with Crippen LogP contribution >= 0.6 is 11.6 Å². The van der Waals surface area contributed by atoms with E-state index in [4.69, 9.17) is 35.3 Å². The predicted molar refractivity (Wildman–Crippen MR) is 111 cm³/mol. The van der Waals surface area contributed by atoms with Crippen LogP contribution in [0.15, 0.2) is 36.4 Å². The highest BCUT2D eigenvalue weighted by molar-refractivity contribution is 6.31. The molecule has 166 valence electrons. The second-order valence-corrected chi connectivity index (χ2v) is 8.92. The van der Waals surface area contributed by atoms with E-state index in [9.17, 15) is 10.2 Å². The van der Waals surface area contributed by atoms with E-state index in [1.54, 1.807) is 26.0 Å². The van der Waals surface area contributed by atoms with Crippen molar-refractivity contribution in [3.05, 3.63) is 58.1 Å². The molecule has 0 radical (unpaired) electrons. The fraction of sp³-hybridized carbons (Fsp3) is 0.478. The maximum Gasteiger partial charge on any atom is 0.190 e. The topological polar surface area (TPSA) is 86.6 Å². The summed E-state index contributed by atoms with van der Waals surface area (Å²) in [6.45, 7) is 4.59. The van der Waals surface area contributed by atoms with Crippen LogP contribution in [-0.2, 0) is 20.6 Å². The van der Waals surface area contributed by atoms with Crippen LogP contribution < -0.4 is 9.47 Å². The normalized spacial score (nSPS) is 29.6. The molecule has 2 aromatic carbocycles. The fourth-order valence-corrected chi connectivity index (χ4v) is 4.48. The van der Waals surface area contributed by atoms with Crippen LogP contribution in [0, 0.1) is 0 Å². The van der Waals surface area contributed by atoms with E-state index < -0.39 is 36.5 Å². The van der Waals surface area contributed by atoms with Crippen LogP contribution in [0.5, 0.6) is 11.5 Å². The summed E-state index contributed by atoms with van der Waals surface area (Å²) in [5.41, 5.74) is 2.45. The molecule has 0 saturated carbocycles. The van der Waals surface area contributed by atoms with Crippen molar-refractivity contribution in [3.63, 3.8) is 0 Å². The lowest BCUT2D eigenvalue weighted by Crippen LogP contribution is -2.37. The van der Waals surface area contributed by atoms with E-state index in [0.717, 1.165) is 16.9 Å². The van der Waals surface area contributed by atoms with Gasteiger partial charge in [0.05, 0.1) is 0 Å². The molecule has 2 aromatic rings. The van der Waals surface area contributed by atoms with Gasteiger partial charge in [0.25, 0.3) is 0 Å². The van der Waals surface area contributed by atoms with E-state index in [-0.39, 0.29) is 0 Å². The van der Waals surface area contributed by atoms with Gasteiger partial charge >= 0.3 is 0 Å². The van der Waals surface area contributed by atoms with E-state index in [1.165, 1.54) is 0 Å². The van der Waals surface area contributed by atoms with Crippen molar-refractivity contribution in [1.29, 1.82) is 0 Å². The second kappa shape index (κ2) is 7.92. The van der Waals surface area contributed by atoms with Crippen molar-refractivity contribution >= 4 is 11.6 Å². The van der Waals surface area contributed by atoms with Crippen molar-refractivity contribution in [1.82, 2.24) is 0 Å². The Kier molecular flexibility index (Phi) is 5.37. The highest BCUT2D eigenvalue weighted by Crippen LogP contribution is 2.41. The minimum Gasteiger partial charge on any atom is -0.486 e. The number of ether oxygens (including phenoxy) is 5. The van der Waals surface area contributed by atoms with Crippen molar-refractivity contribution in [2.75, 3.05) is 13.2 Å². The van der Waals surface area contributed by atoms with Gasteiger partial charge in [-0.1, -0.05) is 29.8 Å². The van der Waals surface area contributed by atoms with Gasteiger partial charge in [0.1, 0.15) is 37.6 Å². The van der Waals surface area contributed by atoms with E-state index >= 15 is 0 Å². The Bertz CT molecular complexity index is 978. The average Bonchev–Trinajstić information content (AvgIpc) is 3.21. The first-order chi connectivity index (χ1) is 14.8. The number of hydrogen-bond acceptors (Lipinski definition) is 7. The zero-order chi connectivity index (χ0) is 21.8. The summed E-state index contributed by atoms with van der Waals surface area (Å²) in [6, 6.07) is 11.1. The molecular weight excluding hydrogens is 424 g/mol. The molecule has 5 rings (SSSR count). The number of benzene rings is 2. The smallest absolute Gasteiger partial charge is 0.190 e. The molecule has 2 saturated heterocycles. The summed E-state index contributed by atoms with van der Waals surface area (Å²) in [5.74, 6) is 0.618. The summed E-state index contributed by atoms with van der Waals surface area (Å²) >= 11 is 6.43. The monoisotopic (exact) mass is 448 g/mol. The van der Waals surface area contributed by atoms with Gasteiger partial charge < -0.3 is 33.9 Å². The van der Waals surface area contributed by atoms with Crippen LogP contribution in [0.1, 0.15) is 36.6 Å². The number of aliphatic hydroxyl groups is 2. The van der Waals surface area contributed by atoms with Crippen molar-refractivity contribution < 1.29 is 33.9 Å². The fourth-order valence-electron chi connectivity index (χ4n) is 4.30. The van der Waals surface area contributed by atoms with Gasteiger partial charge in [0.2, 0.25) is 0 Å². The summed E-state index contributed by atoms with van der Waals surface area (Å²) < 4.78 is 28.4. The van der Waals surface area contributed by atoms with Crippen LogP contribution in [0.25, 0.3) is 0 Å². The molecule has 0 spiro atoms. The van der Waals surface area contributed by atoms with Gasteiger partial charge in [-0.15, -0.1) is 0 Å².